The quantitative estimate of drug-likeness (QED) is 0.577. The van der Waals surface area contributed by atoms with Gasteiger partial charge in [0.05, 0.1) is 0 Å². The molecule has 1 aromatic rings. The maximum Gasteiger partial charge on any atom is 0.154 e. The Morgan fingerprint density at radius 3 is 2.75 bits per heavy atom. The molecule has 0 aromatic carbocycles. The average Bonchev–Trinajstić information content (AvgIpc) is 2.67. The van der Waals surface area contributed by atoms with Crippen LogP contribution in [0.5, 0.6) is 0 Å². The van der Waals surface area contributed by atoms with Crippen molar-refractivity contribution in [2.45, 2.75) is 51.7 Å². The topological polar surface area (TPSA) is 17.8 Å². The molecule has 0 amide bonds. The molecule has 1 aliphatic rings. The van der Waals surface area contributed by atoms with Crippen molar-refractivity contribution < 1.29 is 0 Å². The normalized spacial score (nSPS) is 17.3. The molecule has 0 fully saturated rings. The van der Waals surface area contributed by atoms with Gasteiger partial charge in [-0.1, -0.05) is 31.3 Å². The summed E-state index contributed by atoms with van der Waals surface area (Å²) in [6.07, 6.45) is 12.9. The summed E-state index contributed by atoms with van der Waals surface area (Å²) in [4.78, 5) is 4.53. The predicted molar refractivity (Wildman–Crippen MR) is 71.2 cm³/mol. The molecular weight excluding hydrogens is 212 g/mol. The lowest BCUT2D eigenvalue weighted by atomic mass is 9.97. The third-order valence-corrected chi connectivity index (χ3v) is 5.06. The minimum atomic E-state index is -1.28. The first-order valence-electron chi connectivity index (χ1n) is 6.28. The summed E-state index contributed by atoms with van der Waals surface area (Å²) in [5.74, 6) is 1.27. The van der Waals surface area contributed by atoms with Gasteiger partial charge in [0.2, 0.25) is 0 Å². The molecule has 1 aliphatic carbocycles. The molecule has 0 saturated carbocycles. The Morgan fingerprint density at radius 1 is 1.31 bits per heavy atom. The van der Waals surface area contributed by atoms with Gasteiger partial charge in [0.25, 0.3) is 0 Å². The molecule has 0 bridgehead atoms. The molecule has 88 valence electrons. The number of aromatic nitrogens is 2. The van der Waals surface area contributed by atoms with Crippen LogP contribution < -0.4 is 0 Å². The molecule has 0 atom stereocenters. The molecule has 16 heavy (non-hydrogen) atoms. The van der Waals surface area contributed by atoms with E-state index in [1.165, 1.54) is 31.5 Å². The minimum absolute atomic E-state index is 1.07. The van der Waals surface area contributed by atoms with Crippen LogP contribution in [0.3, 0.4) is 0 Å². The highest BCUT2D eigenvalue weighted by Gasteiger charge is 2.20. The highest BCUT2D eigenvalue weighted by molar-refractivity contribution is 6.74. The van der Waals surface area contributed by atoms with Gasteiger partial charge in [-0.25, -0.2) is 4.98 Å². The zero-order valence-corrected chi connectivity index (χ0v) is 11.7. The standard InChI is InChI=1S/C13H22N2Si/c1-16(2,3)15-10-9-14-13(15)11-12-7-5-4-6-8-12/h7,9-10H,4-6,8,11H2,1-3H3. The van der Waals surface area contributed by atoms with E-state index in [1.54, 1.807) is 5.57 Å². The van der Waals surface area contributed by atoms with E-state index in [2.05, 4.69) is 41.1 Å². The van der Waals surface area contributed by atoms with Crippen molar-refractivity contribution in [1.82, 2.24) is 9.22 Å². The summed E-state index contributed by atoms with van der Waals surface area (Å²) >= 11 is 0. The summed E-state index contributed by atoms with van der Waals surface area (Å²) < 4.78 is 2.43. The van der Waals surface area contributed by atoms with E-state index in [4.69, 9.17) is 0 Å². The van der Waals surface area contributed by atoms with E-state index in [-0.39, 0.29) is 0 Å². The predicted octanol–water partition coefficient (Wildman–Crippen LogP) is 3.61. The molecule has 1 aromatic heterocycles. The zero-order valence-electron chi connectivity index (χ0n) is 10.7. The Bertz CT molecular complexity index is 385. The van der Waals surface area contributed by atoms with Crippen LogP contribution in [0, 0.1) is 0 Å². The van der Waals surface area contributed by atoms with Crippen molar-refractivity contribution in [1.29, 1.82) is 0 Å². The van der Waals surface area contributed by atoms with Gasteiger partial charge in [-0.3, -0.25) is 0 Å². The fourth-order valence-electron chi connectivity index (χ4n) is 2.34. The minimum Gasteiger partial charge on any atom is -0.362 e. The van der Waals surface area contributed by atoms with Crippen LogP contribution in [0.25, 0.3) is 0 Å². The van der Waals surface area contributed by atoms with E-state index in [9.17, 15) is 0 Å². The highest BCUT2D eigenvalue weighted by atomic mass is 28.3. The molecule has 0 N–H and O–H groups in total. The third kappa shape index (κ3) is 2.64. The van der Waals surface area contributed by atoms with Crippen molar-refractivity contribution in [3.05, 3.63) is 29.9 Å². The Labute approximate surface area is 99.5 Å². The average molecular weight is 234 g/mol. The fraction of sp³-hybridized carbons (Fsp3) is 0.615. The molecule has 0 radical (unpaired) electrons. The lowest BCUT2D eigenvalue weighted by Crippen LogP contribution is -2.33. The third-order valence-electron chi connectivity index (χ3n) is 3.21. The highest BCUT2D eigenvalue weighted by Crippen LogP contribution is 2.21. The van der Waals surface area contributed by atoms with Crippen LogP contribution in [0.15, 0.2) is 24.0 Å². The van der Waals surface area contributed by atoms with Gasteiger partial charge in [-0.05, 0) is 25.7 Å². The van der Waals surface area contributed by atoms with E-state index < -0.39 is 8.24 Å². The first kappa shape index (κ1) is 11.6. The second-order valence-corrected chi connectivity index (χ2v) is 10.5. The van der Waals surface area contributed by atoms with Gasteiger partial charge in [0.1, 0.15) is 5.82 Å². The Kier molecular flexibility index (Phi) is 3.33. The maximum atomic E-state index is 4.53. The second-order valence-electron chi connectivity index (χ2n) is 5.67. The van der Waals surface area contributed by atoms with Gasteiger partial charge in [-0.2, -0.15) is 0 Å². The van der Waals surface area contributed by atoms with Crippen molar-refractivity contribution in [3.63, 3.8) is 0 Å². The maximum absolute atomic E-state index is 4.53. The number of imidazole rings is 1. The SMILES string of the molecule is C[Si](C)(C)n1ccnc1CC1=CCCCC1. The van der Waals surface area contributed by atoms with Crippen molar-refractivity contribution in [3.8, 4) is 0 Å². The molecular formula is C13H22N2Si. The van der Waals surface area contributed by atoms with Crippen molar-refractivity contribution >= 4 is 8.24 Å². The van der Waals surface area contributed by atoms with E-state index >= 15 is 0 Å². The zero-order chi connectivity index (χ0) is 11.6. The Hall–Kier alpha value is -0.833. The largest absolute Gasteiger partial charge is 0.362 e. The summed E-state index contributed by atoms with van der Waals surface area (Å²) in [6, 6.07) is 0. The summed E-state index contributed by atoms with van der Waals surface area (Å²) in [7, 11) is -1.28. The van der Waals surface area contributed by atoms with E-state index in [0.29, 0.717) is 0 Å². The van der Waals surface area contributed by atoms with Crippen molar-refractivity contribution in [2.75, 3.05) is 0 Å². The monoisotopic (exact) mass is 234 g/mol. The summed E-state index contributed by atoms with van der Waals surface area (Å²) in [6.45, 7) is 7.11. The van der Waals surface area contributed by atoms with Crippen molar-refractivity contribution in [2.24, 2.45) is 0 Å². The van der Waals surface area contributed by atoms with Crippen LogP contribution in [-0.2, 0) is 6.42 Å². The van der Waals surface area contributed by atoms with E-state index in [1.807, 2.05) is 6.20 Å². The van der Waals surface area contributed by atoms with Gasteiger partial charge in [-0.15, -0.1) is 0 Å². The van der Waals surface area contributed by atoms with Gasteiger partial charge >= 0.3 is 0 Å². The number of hydrogen-bond acceptors (Lipinski definition) is 1. The first-order valence-corrected chi connectivity index (χ1v) is 9.73. The van der Waals surface area contributed by atoms with Gasteiger partial charge in [0, 0.05) is 18.8 Å². The fourth-order valence-corrected chi connectivity index (χ4v) is 3.77. The first-order chi connectivity index (χ1) is 7.57. The van der Waals surface area contributed by atoms with E-state index in [0.717, 1.165) is 6.42 Å². The molecule has 0 saturated heterocycles. The number of nitrogens with zero attached hydrogens (tertiary/aromatic N) is 2. The van der Waals surface area contributed by atoms with Crippen LogP contribution in [0.4, 0.5) is 0 Å². The summed E-state index contributed by atoms with van der Waals surface area (Å²) in [5.41, 5.74) is 1.59. The number of allylic oxidation sites excluding steroid dienone is 2. The molecule has 3 heteroatoms. The van der Waals surface area contributed by atoms with Crippen LogP contribution in [0.1, 0.15) is 31.5 Å². The molecule has 1 heterocycles. The van der Waals surface area contributed by atoms with Gasteiger partial charge < -0.3 is 4.23 Å². The second kappa shape index (κ2) is 4.58. The lowest BCUT2D eigenvalue weighted by molar-refractivity contribution is 0.681. The van der Waals surface area contributed by atoms with Crippen LogP contribution in [0.2, 0.25) is 19.6 Å². The number of rotatable bonds is 3. The van der Waals surface area contributed by atoms with Crippen LogP contribution in [-0.4, -0.2) is 17.5 Å². The smallest absolute Gasteiger partial charge is 0.154 e. The molecule has 2 rings (SSSR count). The molecule has 0 aliphatic heterocycles. The van der Waals surface area contributed by atoms with Crippen LogP contribution >= 0.6 is 0 Å². The Balaban J connectivity index is 2.15. The molecule has 2 nitrogen and oxygen atoms in total. The molecule has 0 unspecified atom stereocenters. The summed E-state index contributed by atoms with van der Waals surface area (Å²) in [5, 5.41) is 0. The Morgan fingerprint density at radius 2 is 2.12 bits per heavy atom. The van der Waals surface area contributed by atoms with Gasteiger partial charge in [0.15, 0.2) is 8.24 Å². The number of hydrogen-bond donors (Lipinski definition) is 0. The molecule has 0 spiro atoms. The lowest BCUT2D eigenvalue weighted by Gasteiger charge is -2.22.